The molecule has 0 amide bonds. The van der Waals surface area contributed by atoms with Crippen molar-refractivity contribution in [2.24, 2.45) is 0 Å². The van der Waals surface area contributed by atoms with Crippen molar-refractivity contribution in [1.82, 2.24) is 0 Å². The number of thiophene rings is 2. The van der Waals surface area contributed by atoms with E-state index in [0.29, 0.717) is 0 Å². The molecule has 3 rings (SSSR count). The van der Waals surface area contributed by atoms with Crippen molar-refractivity contribution in [3.63, 3.8) is 0 Å². The second-order valence-electron chi connectivity index (χ2n) is 2.66. The summed E-state index contributed by atoms with van der Waals surface area (Å²) in [5, 5.41) is 4.21. The highest BCUT2D eigenvalue weighted by Crippen LogP contribution is 2.43. The molecule has 0 unspecified atom stereocenters. The van der Waals surface area contributed by atoms with Gasteiger partial charge in [-0.2, -0.15) is 0 Å². The molecule has 3 heterocycles. The van der Waals surface area contributed by atoms with Gasteiger partial charge in [-0.15, -0.1) is 22.7 Å². The molecule has 1 aliphatic heterocycles. The van der Waals surface area contributed by atoms with Crippen molar-refractivity contribution in [2.75, 3.05) is 0 Å². The van der Waals surface area contributed by atoms with Gasteiger partial charge in [-0.25, -0.2) is 0 Å². The summed E-state index contributed by atoms with van der Waals surface area (Å²) in [7, 11) is 0. The third kappa shape index (κ3) is 0.778. The molecule has 0 atom stereocenters. The zero-order valence-corrected chi connectivity index (χ0v) is 7.87. The largest absolute Gasteiger partial charge is 0.487 e. The number of hydrogen-bond donors (Lipinski definition) is 0. The standard InChI is InChI=1S/C9H6OS2/c1-3-11-8-5-10-7-2-4-12-9(7)6(1)8/h1-4H,5H2. The van der Waals surface area contributed by atoms with Crippen LogP contribution in [0.25, 0.3) is 10.4 Å². The van der Waals surface area contributed by atoms with Crippen LogP contribution in [0.1, 0.15) is 4.88 Å². The van der Waals surface area contributed by atoms with Crippen molar-refractivity contribution in [3.05, 3.63) is 27.8 Å². The van der Waals surface area contributed by atoms with E-state index < -0.39 is 0 Å². The van der Waals surface area contributed by atoms with Crippen molar-refractivity contribution in [1.29, 1.82) is 0 Å². The van der Waals surface area contributed by atoms with E-state index in [9.17, 15) is 0 Å². The third-order valence-corrected chi connectivity index (χ3v) is 3.80. The van der Waals surface area contributed by atoms with Crippen molar-refractivity contribution < 1.29 is 4.74 Å². The molecule has 0 radical (unpaired) electrons. The van der Waals surface area contributed by atoms with Crippen LogP contribution in [0.4, 0.5) is 0 Å². The Morgan fingerprint density at radius 2 is 2.08 bits per heavy atom. The minimum absolute atomic E-state index is 0.747. The second-order valence-corrected chi connectivity index (χ2v) is 4.58. The number of hydrogen-bond acceptors (Lipinski definition) is 3. The van der Waals surface area contributed by atoms with Crippen LogP contribution >= 0.6 is 22.7 Å². The molecule has 0 aliphatic carbocycles. The van der Waals surface area contributed by atoms with Gasteiger partial charge >= 0.3 is 0 Å². The van der Waals surface area contributed by atoms with Gasteiger partial charge < -0.3 is 4.74 Å². The summed E-state index contributed by atoms with van der Waals surface area (Å²) in [6.07, 6.45) is 0. The maximum atomic E-state index is 5.57. The van der Waals surface area contributed by atoms with Gasteiger partial charge in [0.05, 0.1) is 9.75 Å². The van der Waals surface area contributed by atoms with Crippen molar-refractivity contribution in [2.45, 2.75) is 6.61 Å². The molecule has 1 aliphatic rings. The predicted molar refractivity (Wildman–Crippen MR) is 52.0 cm³/mol. The molecule has 60 valence electrons. The molecule has 2 aromatic heterocycles. The Labute approximate surface area is 78.2 Å². The molecule has 0 spiro atoms. The van der Waals surface area contributed by atoms with Gasteiger partial charge in [0.1, 0.15) is 12.4 Å². The van der Waals surface area contributed by atoms with Crippen LogP contribution in [0.2, 0.25) is 0 Å². The van der Waals surface area contributed by atoms with Crippen LogP contribution in [0.5, 0.6) is 5.75 Å². The van der Waals surface area contributed by atoms with Crippen molar-refractivity contribution in [3.8, 4) is 16.2 Å². The molecule has 0 N–H and O–H groups in total. The summed E-state index contributed by atoms with van der Waals surface area (Å²) >= 11 is 3.53. The van der Waals surface area contributed by atoms with E-state index in [-0.39, 0.29) is 0 Å². The summed E-state index contributed by atoms with van der Waals surface area (Å²) in [5.41, 5.74) is 1.37. The molecular weight excluding hydrogens is 188 g/mol. The zero-order chi connectivity index (χ0) is 7.97. The molecule has 12 heavy (non-hydrogen) atoms. The zero-order valence-electron chi connectivity index (χ0n) is 6.24. The predicted octanol–water partition coefficient (Wildman–Crippen LogP) is 3.37. The van der Waals surface area contributed by atoms with E-state index in [1.165, 1.54) is 15.3 Å². The molecule has 0 fully saturated rings. The van der Waals surface area contributed by atoms with E-state index in [0.717, 1.165) is 12.4 Å². The molecule has 3 heteroatoms. The van der Waals surface area contributed by atoms with E-state index in [1.807, 2.05) is 6.07 Å². The van der Waals surface area contributed by atoms with Gasteiger partial charge in [0.15, 0.2) is 0 Å². The summed E-state index contributed by atoms with van der Waals surface area (Å²) in [6.45, 7) is 0.747. The van der Waals surface area contributed by atoms with Gasteiger partial charge in [-0.05, 0) is 22.9 Å². The fourth-order valence-electron chi connectivity index (χ4n) is 1.41. The molecular formula is C9H6OS2. The monoisotopic (exact) mass is 194 g/mol. The van der Waals surface area contributed by atoms with Gasteiger partial charge in [-0.1, -0.05) is 0 Å². The Hall–Kier alpha value is -0.800. The Kier molecular flexibility index (Phi) is 1.31. The third-order valence-electron chi connectivity index (χ3n) is 1.98. The molecule has 0 saturated carbocycles. The van der Waals surface area contributed by atoms with Crippen molar-refractivity contribution >= 4 is 22.7 Å². The lowest BCUT2D eigenvalue weighted by atomic mass is 10.2. The molecule has 0 saturated heterocycles. The lowest BCUT2D eigenvalue weighted by Gasteiger charge is -2.12. The first-order valence-corrected chi connectivity index (χ1v) is 5.48. The maximum absolute atomic E-state index is 5.57. The fourth-order valence-corrected chi connectivity index (χ4v) is 3.15. The lowest BCUT2D eigenvalue weighted by Crippen LogP contribution is -1.99. The van der Waals surface area contributed by atoms with Crippen LogP contribution in [-0.2, 0) is 6.61 Å². The Balaban J connectivity index is 2.32. The van der Waals surface area contributed by atoms with Crippen LogP contribution in [0.3, 0.4) is 0 Å². The van der Waals surface area contributed by atoms with Crippen LogP contribution < -0.4 is 4.74 Å². The minimum atomic E-state index is 0.747. The molecule has 1 nitrogen and oxygen atoms in total. The van der Waals surface area contributed by atoms with E-state index >= 15 is 0 Å². The first-order valence-electron chi connectivity index (χ1n) is 3.72. The fraction of sp³-hybridized carbons (Fsp3) is 0.111. The smallest absolute Gasteiger partial charge is 0.138 e. The number of fused-ring (bicyclic) bond motifs is 3. The summed E-state index contributed by atoms with van der Waals surface area (Å²) < 4.78 is 5.57. The van der Waals surface area contributed by atoms with Crippen LogP contribution in [0.15, 0.2) is 22.9 Å². The average molecular weight is 194 g/mol. The first kappa shape index (κ1) is 6.69. The van der Waals surface area contributed by atoms with E-state index in [2.05, 4.69) is 16.8 Å². The average Bonchev–Trinajstić information content (AvgIpc) is 2.71. The van der Waals surface area contributed by atoms with Crippen LogP contribution in [0, 0.1) is 0 Å². The van der Waals surface area contributed by atoms with Gasteiger partial charge in [0.25, 0.3) is 0 Å². The normalized spacial score (nSPS) is 13.3. The first-order chi connectivity index (χ1) is 5.95. The lowest BCUT2D eigenvalue weighted by molar-refractivity contribution is 0.308. The number of rotatable bonds is 0. The van der Waals surface area contributed by atoms with Gasteiger partial charge in [0.2, 0.25) is 0 Å². The Bertz CT molecular complexity index is 373. The highest BCUT2D eigenvalue weighted by Gasteiger charge is 2.18. The van der Waals surface area contributed by atoms with E-state index in [4.69, 9.17) is 4.74 Å². The van der Waals surface area contributed by atoms with Gasteiger partial charge in [-0.3, -0.25) is 0 Å². The number of ether oxygens (including phenoxy) is 1. The quantitative estimate of drug-likeness (QED) is 0.624. The SMILES string of the molecule is c1cc2c(s1)COc1ccsc1-2. The van der Waals surface area contributed by atoms with Crippen LogP contribution in [-0.4, -0.2) is 0 Å². The highest BCUT2D eigenvalue weighted by atomic mass is 32.1. The molecule has 0 aromatic carbocycles. The Morgan fingerprint density at radius 1 is 1.17 bits per heavy atom. The Morgan fingerprint density at radius 3 is 3.08 bits per heavy atom. The topological polar surface area (TPSA) is 9.23 Å². The molecule has 0 bridgehead atoms. The maximum Gasteiger partial charge on any atom is 0.138 e. The summed E-state index contributed by atoms with van der Waals surface area (Å²) in [5.74, 6) is 1.05. The van der Waals surface area contributed by atoms with Gasteiger partial charge in [0, 0.05) is 5.56 Å². The minimum Gasteiger partial charge on any atom is -0.487 e. The summed E-state index contributed by atoms with van der Waals surface area (Å²) in [4.78, 5) is 2.64. The second kappa shape index (κ2) is 2.34. The van der Waals surface area contributed by atoms with E-state index in [1.54, 1.807) is 22.7 Å². The summed E-state index contributed by atoms with van der Waals surface area (Å²) in [6, 6.07) is 4.22. The molecule has 2 aromatic rings. The highest BCUT2D eigenvalue weighted by molar-refractivity contribution is 7.15.